The van der Waals surface area contributed by atoms with Crippen molar-refractivity contribution in [3.8, 4) is 0 Å². The van der Waals surface area contributed by atoms with Crippen molar-refractivity contribution < 1.29 is 14.3 Å². The molecule has 2 rings (SSSR count). The van der Waals surface area contributed by atoms with Crippen LogP contribution in [0.25, 0.3) is 0 Å². The minimum absolute atomic E-state index is 0.359. The van der Waals surface area contributed by atoms with E-state index in [9.17, 15) is 9.59 Å². The van der Waals surface area contributed by atoms with Crippen LogP contribution in [0.1, 0.15) is 34.6 Å². The van der Waals surface area contributed by atoms with Gasteiger partial charge < -0.3 is 4.74 Å². The van der Waals surface area contributed by atoms with Crippen molar-refractivity contribution in [3.63, 3.8) is 0 Å². The Morgan fingerprint density at radius 1 is 1.07 bits per heavy atom. The molecule has 0 saturated heterocycles. The summed E-state index contributed by atoms with van der Waals surface area (Å²) in [4.78, 5) is 21.7. The van der Waals surface area contributed by atoms with Gasteiger partial charge in [-0.05, 0) is 26.0 Å². The Balaban J connectivity index is 0.000000245. The zero-order valence-corrected chi connectivity index (χ0v) is 8.74. The van der Waals surface area contributed by atoms with Crippen molar-refractivity contribution in [2.24, 2.45) is 0 Å². The Labute approximate surface area is 88.4 Å². The molecule has 1 heterocycles. The van der Waals surface area contributed by atoms with Gasteiger partial charge in [-0.2, -0.15) is 0 Å². The molecule has 78 valence electrons. The van der Waals surface area contributed by atoms with Gasteiger partial charge in [0.15, 0.2) is 0 Å². The summed E-state index contributed by atoms with van der Waals surface area (Å²) in [7, 11) is 0. The van der Waals surface area contributed by atoms with Crippen molar-refractivity contribution in [2.45, 2.75) is 13.8 Å². The second-order valence-electron chi connectivity index (χ2n) is 3.43. The lowest BCUT2D eigenvalue weighted by atomic mass is 10.1. The van der Waals surface area contributed by atoms with Gasteiger partial charge in [-0.15, -0.1) is 6.58 Å². The van der Waals surface area contributed by atoms with Crippen LogP contribution in [-0.4, -0.2) is 11.9 Å². The van der Waals surface area contributed by atoms with Gasteiger partial charge in [-0.1, -0.05) is 17.7 Å². The van der Waals surface area contributed by atoms with Gasteiger partial charge in [0, 0.05) is 0 Å². The van der Waals surface area contributed by atoms with Crippen molar-refractivity contribution in [3.05, 3.63) is 47.5 Å². The zero-order valence-electron chi connectivity index (χ0n) is 8.74. The van der Waals surface area contributed by atoms with E-state index in [0.717, 1.165) is 0 Å². The number of ether oxygens (including phenoxy) is 1. The average molecular weight is 204 g/mol. The number of carbonyl (C=O) groups is 2. The number of allylic oxidation sites excluding steroid dienone is 1. The molecular weight excluding hydrogens is 192 g/mol. The molecule has 0 saturated carbocycles. The highest BCUT2D eigenvalue weighted by molar-refractivity contribution is 6.14. The number of fused-ring (bicyclic) bond motifs is 1. The summed E-state index contributed by atoms with van der Waals surface area (Å²) >= 11 is 0. The first-order valence-corrected chi connectivity index (χ1v) is 4.50. The van der Waals surface area contributed by atoms with Crippen LogP contribution in [0, 0.1) is 0 Å². The Morgan fingerprint density at radius 2 is 1.40 bits per heavy atom. The fourth-order valence-electron chi connectivity index (χ4n) is 1.03. The smallest absolute Gasteiger partial charge is 0.346 e. The first kappa shape index (κ1) is 11.2. The van der Waals surface area contributed by atoms with E-state index in [4.69, 9.17) is 0 Å². The Kier molecular flexibility index (Phi) is 3.39. The second-order valence-corrected chi connectivity index (χ2v) is 3.43. The lowest BCUT2D eigenvalue weighted by Crippen LogP contribution is -1.96. The fraction of sp³-hybridized carbons (Fsp3) is 0.167. The topological polar surface area (TPSA) is 43.4 Å². The third kappa shape index (κ3) is 2.77. The highest BCUT2D eigenvalue weighted by Gasteiger charge is 2.28. The minimum atomic E-state index is -0.550. The maximum atomic E-state index is 10.8. The maximum absolute atomic E-state index is 10.8. The molecule has 0 unspecified atom stereocenters. The predicted octanol–water partition coefficient (Wildman–Crippen LogP) is 2.58. The molecule has 0 aromatic heterocycles. The summed E-state index contributed by atoms with van der Waals surface area (Å²) in [6, 6.07) is 6.53. The molecule has 0 amide bonds. The molecule has 15 heavy (non-hydrogen) atoms. The molecule has 0 bridgehead atoms. The monoisotopic (exact) mass is 204 g/mol. The molecule has 0 radical (unpaired) electrons. The molecule has 1 aromatic carbocycles. The molecule has 3 nitrogen and oxygen atoms in total. The summed E-state index contributed by atoms with van der Waals surface area (Å²) in [6.45, 7) is 7.50. The summed E-state index contributed by atoms with van der Waals surface area (Å²) < 4.78 is 4.35. The van der Waals surface area contributed by atoms with Gasteiger partial charge in [-0.3, -0.25) is 0 Å². The molecule has 1 aliphatic heterocycles. The highest BCUT2D eigenvalue weighted by atomic mass is 16.6. The quantitative estimate of drug-likeness (QED) is 0.370. The largest absolute Gasteiger partial charge is 0.386 e. The maximum Gasteiger partial charge on any atom is 0.346 e. The fourth-order valence-corrected chi connectivity index (χ4v) is 1.03. The normalized spacial score (nSPS) is 12.4. The van der Waals surface area contributed by atoms with E-state index in [1.165, 1.54) is 5.57 Å². The molecule has 0 atom stereocenters. The summed E-state index contributed by atoms with van der Waals surface area (Å²) in [6.07, 6.45) is 0. The van der Waals surface area contributed by atoms with Crippen molar-refractivity contribution in [1.82, 2.24) is 0 Å². The van der Waals surface area contributed by atoms with Crippen LogP contribution >= 0.6 is 0 Å². The third-order valence-electron chi connectivity index (χ3n) is 1.55. The van der Waals surface area contributed by atoms with Gasteiger partial charge in [0.2, 0.25) is 0 Å². The van der Waals surface area contributed by atoms with E-state index in [-0.39, 0.29) is 0 Å². The van der Waals surface area contributed by atoms with Crippen LogP contribution in [-0.2, 0) is 4.74 Å². The van der Waals surface area contributed by atoms with Gasteiger partial charge in [0.1, 0.15) is 0 Å². The molecule has 0 aliphatic carbocycles. The molecule has 0 spiro atoms. The number of rotatable bonds is 0. The molecule has 0 fully saturated rings. The molecule has 3 heteroatoms. The Hall–Kier alpha value is -1.90. The van der Waals surface area contributed by atoms with Gasteiger partial charge in [0.05, 0.1) is 11.1 Å². The Bertz CT molecular complexity index is 382. The summed E-state index contributed by atoms with van der Waals surface area (Å²) in [5.41, 5.74) is 1.88. The molecule has 1 aliphatic rings. The van der Waals surface area contributed by atoms with Gasteiger partial charge in [0.25, 0.3) is 0 Å². The van der Waals surface area contributed by atoms with Crippen molar-refractivity contribution >= 4 is 11.9 Å². The van der Waals surface area contributed by atoms with Crippen LogP contribution in [0.3, 0.4) is 0 Å². The third-order valence-corrected chi connectivity index (χ3v) is 1.55. The minimum Gasteiger partial charge on any atom is -0.386 e. The Morgan fingerprint density at radius 3 is 1.73 bits per heavy atom. The standard InChI is InChI=1S/C8H4O3.C4H8/c9-7-5-3-1-2-4-6(5)8(10)11-7;1-4(2)3/h1-4H;1H2,2-3H3. The van der Waals surface area contributed by atoms with Gasteiger partial charge >= 0.3 is 11.9 Å². The SMILES string of the molecule is C=C(C)C.O=C1OC(=O)c2ccccc21. The van der Waals surface area contributed by atoms with E-state index in [1.54, 1.807) is 24.3 Å². The first-order chi connectivity index (χ1) is 7.02. The zero-order chi connectivity index (χ0) is 11.4. The van der Waals surface area contributed by atoms with E-state index < -0.39 is 11.9 Å². The number of esters is 2. The molecule has 0 N–H and O–H groups in total. The highest BCUT2D eigenvalue weighted by Crippen LogP contribution is 2.18. The predicted molar refractivity (Wildman–Crippen MR) is 56.7 cm³/mol. The summed E-state index contributed by atoms with van der Waals surface area (Å²) in [5.74, 6) is -1.10. The average Bonchev–Trinajstić information content (AvgIpc) is 2.43. The first-order valence-electron chi connectivity index (χ1n) is 4.50. The second kappa shape index (κ2) is 4.55. The van der Waals surface area contributed by atoms with Gasteiger partial charge in [-0.25, -0.2) is 9.59 Å². The number of benzene rings is 1. The van der Waals surface area contributed by atoms with E-state index >= 15 is 0 Å². The van der Waals surface area contributed by atoms with Crippen molar-refractivity contribution in [1.29, 1.82) is 0 Å². The summed E-state index contributed by atoms with van der Waals surface area (Å²) in [5, 5.41) is 0. The number of hydrogen-bond donors (Lipinski definition) is 0. The number of cyclic esters (lactones) is 2. The molecule has 1 aromatic rings. The number of carbonyl (C=O) groups excluding carboxylic acids is 2. The van der Waals surface area contributed by atoms with Crippen LogP contribution < -0.4 is 0 Å². The van der Waals surface area contributed by atoms with Crippen LogP contribution in [0.15, 0.2) is 36.4 Å². The van der Waals surface area contributed by atoms with E-state index in [2.05, 4.69) is 11.3 Å². The van der Waals surface area contributed by atoms with Crippen molar-refractivity contribution in [2.75, 3.05) is 0 Å². The van der Waals surface area contributed by atoms with E-state index in [0.29, 0.717) is 11.1 Å². The molecular formula is C12H12O3. The van der Waals surface area contributed by atoms with Crippen LogP contribution in [0.5, 0.6) is 0 Å². The van der Waals surface area contributed by atoms with Crippen LogP contribution in [0.4, 0.5) is 0 Å². The lowest BCUT2D eigenvalue weighted by molar-refractivity contribution is 0.0444. The van der Waals surface area contributed by atoms with E-state index in [1.807, 2.05) is 13.8 Å². The number of hydrogen-bond acceptors (Lipinski definition) is 3. The van der Waals surface area contributed by atoms with Crippen LogP contribution in [0.2, 0.25) is 0 Å². The lowest BCUT2D eigenvalue weighted by Gasteiger charge is -1.86.